The average Bonchev–Trinajstić information content (AvgIpc) is 3.46. The number of hydrogen-bond donors (Lipinski definition) is 2. The van der Waals surface area contributed by atoms with Crippen molar-refractivity contribution in [3.63, 3.8) is 0 Å². The number of nitrogens with zero attached hydrogens (tertiary/aromatic N) is 2. The molecule has 0 aliphatic carbocycles. The molecular formula is C28H40N2O6Si. The molecule has 37 heavy (non-hydrogen) atoms. The molecule has 9 heteroatoms. The Bertz CT molecular complexity index is 1170. The van der Waals surface area contributed by atoms with Gasteiger partial charge in [0.05, 0.1) is 43.5 Å². The van der Waals surface area contributed by atoms with Gasteiger partial charge in [-0.15, -0.1) is 0 Å². The van der Waals surface area contributed by atoms with Gasteiger partial charge in [-0.3, -0.25) is 14.5 Å². The second kappa shape index (κ2) is 8.66. The highest BCUT2D eigenvalue weighted by Crippen LogP contribution is 2.63. The molecule has 4 aliphatic rings. The molecule has 0 saturated carbocycles. The van der Waals surface area contributed by atoms with E-state index < -0.39 is 25.6 Å². The first-order valence-corrected chi connectivity index (χ1v) is 16.4. The third-order valence-electron chi connectivity index (χ3n) is 9.05. The van der Waals surface area contributed by atoms with Crippen LogP contribution < -0.4 is 9.64 Å². The number of aliphatic hydroxyl groups is 1. The molecule has 2 amide bonds. The lowest BCUT2D eigenvalue weighted by Crippen LogP contribution is -2.53. The third kappa shape index (κ3) is 3.72. The number of carbonyl (C=O) groups excluding carboxylic acids is 2. The van der Waals surface area contributed by atoms with E-state index in [1.165, 1.54) is 0 Å². The molecule has 2 fully saturated rings. The van der Waals surface area contributed by atoms with Crippen LogP contribution in [0.1, 0.15) is 58.1 Å². The summed E-state index contributed by atoms with van der Waals surface area (Å²) in [7, 11) is -1.27. The predicted molar refractivity (Wildman–Crippen MR) is 144 cm³/mol. The number of anilines is 1. The Morgan fingerprint density at radius 3 is 2.62 bits per heavy atom. The van der Waals surface area contributed by atoms with Gasteiger partial charge in [0.1, 0.15) is 5.75 Å². The molecule has 1 spiro atoms. The van der Waals surface area contributed by atoms with Gasteiger partial charge in [-0.25, -0.2) is 0 Å². The van der Waals surface area contributed by atoms with Crippen molar-refractivity contribution in [3.05, 3.63) is 29.3 Å². The van der Waals surface area contributed by atoms with Gasteiger partial charge >= 0.3 is 0 Å². The van der Waals surface area contributed by atoms with E-state index in [2.05, 4.69) is 6.08 Å². The van der Waals surface area contributed by atoms with Crippen LogP contribution in [0.4, 0.5) is 5.69 Å². The van der Waals surface area contributed by atoms with E-state index in [1.807, 2.05) is 57.8 Å². The number of rotatable bonds is 5. The number of benzene rings is 1. The van der Waals surface area contributed by atoms with Gasteiger partial charge in [-0.2, -0.15) is 0 Å². The number of amides is 2. The largest absolute Gasteiger partial charge is 0.497 e. The van der Waals surface area contributed by atoms with Gasteiger partial charge in [-0.1, -0.05) is 13.0 Å². The Morgan fingerprint density at radius 1 is 1.30 bits per heavy atom. The van der Waals surface area contributed by atoms with E-state index in [1.54, 1.807) is 12.0 Å². The molecule has 4 aliphatic heterocycles. The van der Waals surface area contributed by atoms with Crippen LogP contribution in [0.3, 0.4) is 0 Å². The minimum Gasteiger partial charge on any atom is -0.497 e. The average molecular weight is 529 g/mol. The number of aliphatic hydroxyl groups excluding tert-OH is 1. The van der Waals surface area contributed by atoms with Crippen molar-refractivity contribution in [1.82, 2.24) is 4.90 Å². The number of hydrogen-bond acceptors (Lipinski definition) is 6. The predicted octanol–water partition coefficient (Wildman–Crippen LogP) is 3.41. The summed E-state index contributed by atoms with van der Waals surface area (Å²) in [6, 6.07) is 3.68. The highest BCUT2D eigenvalue weighted by molar-refractivity contribution is 6.71. The van der Waals surface area contributed by atoms with Crippen LogP contribution in [0.15, 0.2) is 18.2 Å². The summed E-state index contributed by atoms with van der Waals surface area (Å²) in [6.45, 7) is 12.4. The molecule has 1 aromatic carbocycles. The highest BCUT2D eigenvalue weighted by atomic mass is 28.4. The maximum atomic E-state index is 14.5. The maximum Gasteiger partial charge on any atom is 0.265 e. The first-order valence-electron chi connectivity index (χ1n) is 13.4. The highest BCUT2D eigenvalue weighted by Gasteiger charge is 2.68. The lowest BCUT2D eigenvalue weighted by atomic mass is 9.81. The Morgan fingerprint density at radius 2 is 2.00 bits per heavy atom. The molecule has 2 N–H and O–H groups in total. The van der Waals surface area contributed by atoms with Crippen molar-refractivity contribution in [2.24, 2.45) is 5.92 Å². The van der Waals surface area contributed by atoms with Crippen molar-refractivity contribution >= 4 is 31.4 Å². The molecule has 0 radical (unpaired) electrons. The van der Waals surface area contributed by atoms with Crippen LogP contribution in [-0.4, -0.2) is 72.9 Å². The van der Waals surface area contributed by atoms with Gasteiger partial charge in [-0.05, 0) is 64.4 Å². The van der Waals surface area contributed by atoms with Crippen LogP contribution in [0, 0.1) is 5.92 Å². The Balaban J connectivity index is 1.63. The molecule has 8 nitrogen and oxygen atoms in total. The van der Waals surface area contributed by atoms with Crippen LogP contribution in [-0.2, 0) is 19.9 Å². The quantitative estimate of drug-likeness (QED) is 0.569. The number of likely N-dealkylation sites (tertiary alicyclic amines) is 1. The fraction of sp³-hybridized carbons (Fsp3) is 0.643. The molecule has 2 saturated heterocycles. The fourth-order valence-electron chi connectivity index (χ4n) is 7.58. The van der Waals surface area contributed by atoms with Gasteiger partial charge in [0.2, 0.25) is 5.91 Å². The van der Waals surface area contributed by atoms with Gasteiger partial charge in [0.25, 0.3) is 5.91 Å². The van der Waals surface area contributed by atoms with Crippen molar-refractivity contribution in [2.75, 3.05) is 25.2 Å². The molecular weight excluding hydrogens is 488 g/mol. The zero-order valence-electron chi connectivity index (χ0n) is 23.0. The van der Waals surface area contributed by atoms with Crippen molar-refractivity contribution in [2.45, 2.75) is 88.9 Å². The SMILES string of the molecule is COc1cc2c3c(c1)[C@]1(O[C@@H](CC(=O)N4CCC[C@H]4CO)[C@H]([Si](C)(C)O)[C@H]1C)C(=O)N3C(C)(C)C=C2C. The zero-order valence-corrected chi connectivity index (χ0v) is 24.0. The standard InChI is InChI=1S/C28H40N2O6Si/c1-16-14-27(3,4)30-24-20(16)11-19(35-5)12-21(24)28(26(30)33)17(2)25(37(6,7)34)22(36-28)13-23(32)29-10-8-9-18(29)15-31/h11-12,14,17-18,22,25,31,34H,8-10,13,15H2,1-7H3/t17-,18+,22+,25-,28+/m1/s1. The Kier molecular flexibility index (Phi) is 6.18. The molecule has 5 rings (SSSR count). The molecule has 0 unspecified atom stereocenters. The number of allylic oxidation sites excluding steroid dienone is 1. The van der Waals surface area contributed by atoms with Crippen LogP contribution in [0.25, 0.3) is 5.57 Å². The zero-order chi connectivity index (χ0) is 27.1. The Labute approximate surface area is 220 Å². The summed E-state index contributed by atoms with van der Waals surface area (Å²) in [6.07, 6.45) is 3.20. The van der Waals surface area contributed by atoms with E-state index in [0.717, 1.165) is 35.2 Å². The summed E-state index contributed by atoms with van der Waals surface area (Å²) < 4.78 is 12.5. The fourth-order valence-corrected chi connectivity index (χ4v) is 10.1. The lowest BCUT2D eigenvalue weighted by molar-refractivity contribution is -0.150. The van der Waals surface area contributed by atoms with Crippen molar-refractivity contribution in [1.29, 1.82) is 0 Å². The number of methoxy groups -OCH3 is 1. The molecule has 4 heterocycles. The van der Waals surface area contributed by atoms with Crippen LogP contribution >= 0.6 is 0 Å². The summed E-state index contributed by atoms with van der Waals surface area (Å²) in [5.74, 6) is 0.0518. The first-order chi connectivity index (χ1) is 17.3. The molecule has 0 bridgehead atoms. The van der Waals surface area contributed by atoms with Gasteiger partial charge in [0.15, 0.2) is 13.9 Å². The lowest BCUT2D eigenvalue weighted by Gasteiger charge is -2.39. The van der Waals surface area contributed by atoms with Crippen LogP contribution in [0.2, 0.25) is 18.6 Å². The minimum atomic E-state index is -2.89. The van der Waals surface area contributed by atoms with Gasteiger partial charge in [0, 0.05) is 29.1 Å². The topological polar surface area (TPSA) is 99.5 Å². The molecule has 202 valence electrons. The summed E-state index contributed by atoms with van der Waals surface area (Å²) in [5, 5.41) is 9.76. The van der Waals surface area contributed by atoms with E-state index in [4.69, 9.17) is 9.47 Å². The molecule has 5 atom stereocenters. The van der Waals surface area contributed by atoms with Gasteiger partial charge < -0.3 is 24.3 Å². The summed E-state index contributed by atoms with van der Waals surface area (Å²) in [4.78, 5) is 43.1. The first kappa shape index (κ1) is 26.4. The molecule has 0 aromatic heterocycles. The summed E-state index contributed by atoms with van der Waals surface area (Å²) >= 11 is 0. The maximum absolute atomic E-state index is 14.5. The Hall–Kier alpha value is -2.20. The number of ether oxygens (including phenoxy) is 2. The minimum absolute atomic E-state index is 0.0634. The number of fused-ring (bicyclic) bond motifs is 1. The number of carbonyl (C=O) groups is 2. The molecule has 1 aromatic rings. The second-order valence-corrected chi connectivity index (χ2v) is 16.3. The summed E-state index contributed by atoms with van der Waals surface area (Å²) in [5.41, 5.74) is 1.38. The smallest absolute Gasteiger partial charge is 0.265 e. The monoisotopic (exact) mass is 528 g/mol. The van der Waals surface area contributed by atoms with E-state index in [0.29, 0.717) is 12.3 Å². The van der Waals surface area contributed by atoms with Crippen LogP contribution in [0.5, 0.6) is 5.75 Å². The van der Waals surface area contributed by atoms with E-state index in [9.17, 15) is 19.5 Å². The normalized spacial score (nSPS) is 32.2. The van der Waals surface area contributed by atoms with E-state index >= 15 is 0 Å². The van der Waals surface area contributed by atoms with E-state index in [-0.39, 0.29) is 42.3 Å². The second-order valence-electron chi connectivity index (χ2n) is 12.3. The third-order valence-corrected chi connectivity index (χ3v) is 11.6. The van der Waals surface area contributed by atoms with Crippen molar-refractivity contribution in [3.8, 4) is 5.75 Å². The van der Waals surface area contributed by atoms with Crippen molar-refractivity contribution < 1.29 is 29.0 Å².